The molecule has 0 aliphatic heterocycles. The first kappa shape index (κ1) is 21.8. The molecule has 5 nitrogen and oxygen atoms in total. The number of carbonyl (C=O) groups excluding carboxylic acids is 1. The van der Waals surface area contributed by atoms with Crippen molar-refractivity contribution in [2.45, 2.75) is 40.0 Å². The van der Waals surface area contributed by atoms with E-state index in [1.54, 1.807) is 12.1 Å². The third-order valence-electron chi connectivity index (χ3n) is 4.59. The molecule has 1 N–H and O–H groups in total. The van der Waals surface area contributed by atoms with Crippen molar-refractivity contribution in [3.05, 3.63) is 59.0 Å². The lowest BCUT2D eigenvalue weighted by molar-refractivity contribution is 0.102. The third kappa shape index (κ3) is 5.83. The van der Waals surface area contributed by atoms with Crippen LogP contribution in [0.5, 0.6) is 11.5 Å². The zero-order valence-electron chi connectivity index (χ0n) is 17.7. The first-order valence-corrected chi connectivity index (χ1v) is 11.2. The molecule has 2 aromatic carbocycles. The van der Waals surface area contributed by atoms with Gasteiger partial charge in [0.15, 0.2) is 5.13 Å². The quantitative estimate of drug-likeness (QED) is 0.386. The van der Waals surface area contributed by atoms with E-state index in [1.165, 1.54) is 17.8 Å². The van der Waals surface area contributed by atoms with Gasteiger partial charge in [-0.15, -0.1) is 11.3 Å². The van der Waals surface area contributed by atoms with Crippen molar-refractivity contribution in [2.75, 3.05) is 18.5 Å². The van der Waals surface area contributed by atoms with Crippen molar-refractivity contribution in [1.29, 1.82) is 0 Å². The predicted octanol–water partition coefficient (Wildman–Crippen LogP) is 6.34. The molecule has 1 amide bonds. The number of hydrogen-bond acceptors (Lipinski definition) is 5. The smallest absolute Gasteiger partial charge is 0.257 e. The van der Waals surface area contributed by atoms with Crippen molar-refractivity contribution in [3.63, 3.8) is 0 Å². The van der Waals surface area contributed by atoms with Crippen LogP contribution >= 0.6 is 11.3 Å². The van der Waals surface area contributed by atoms with Crippen LogP contribution in [0.3, 0.4) is 0 Å². The number of aryl methyl sites for hydroxylation is 1. The Morgan fingerprint density at radius 1 is 0.967 bits per heavy atom. The van der Waals surface area contributed by atoms with Gasteiger partial charge in [-0.3, -0.25) is 10.1 Å². The van der Waals surface area contributed by atoms with Crippen LogP contribution in [0.1, 0.15) is 48.3 Å². The molecule has 158 valence electrons. The van der Waals surface area contributed by atoms with Crippen LogP contribution in [0.2, 0.25) is 0 Å². The van der Waals surface area contributed by atoms with Gasteiger partial charge < -0.3 is 9.47 Å². The minimum Gasteiger partial charge on any atom is -0.494 e. The molecule has 0 spiro atoms. The molecule has 0 saturated heterocycles. The molecule has 0 atom stereocenters. The summed E-state index contributed by atoms with van der Waals surface area (Å²) in [6.45, 7) is 7.47. The van der Waals surface area contributed by atoms with Crippen LogP contribution in [0.15, 0.2) is 48.5 Å². The van der Waals surface area contributed by atoms with E-state index in [9.17, 15) is 4.79 Å². The van der Waals surface area contributed by atoms with Crippen molar-refractivity contribution < 1.29 is 14.3 Å². The molecule has 0 fully saturated rings. The normalized spacial score (nSPS) is 10.6. The van der Waals surface area contributed by atoms with Gasteiger partial charge in [-0.05, 0) is 68.8 Å². The molecule has 3 aromatic rings. The van der Waals surface area contributed by atoms with E-state index in [-0.39, 0.29) is 5.91 Å². The maximum atomic E-state index is 12.6. The van der Waals surface area contributed by atoms with Crippen LogP contribution in [0, 0.1) is 6.92 Å². The minimum atomic E-state index is -0.181. The Morgan fingerprint density at radius 3 is 2.30 bits per heavy atom. The molecule has 0 aliphatic carbocycles. The highest BCUT2D eigenvalue weighted by molar-refractivity contribution is 7.16. The first-order chi connectivity index (χ1) is 14.6. The molecular weight excluding hydrogens is 396 g/mol. The van der Waals surface area contributed by atoms with E-state index >= 15 is 0 Å². The number of hydrogen-bond donors (Lipinski definition) is 1. The van der Waals surface area contributed by atoms with Gasteiger partial charge in [0.05, 0.1) is 18.9 Å². The Morgan fingerprint density at radius 2 is 1.63 bits per heavy atom. The second kappa shape index (κ2) is 10.8. The summed E-state index contributed by atoms with van der Waals surface area (Å²) in [4.78, 5) is 18.3. The van der Waals surface area contributed by atoms with Crippen LogP contribution in [-0.4, -0.2) is 24.1 Å². The van der Waals surface area contributed by atoms with Gasteiger partial charge in [0.2, 0.25) is 0 Å². The number of ether oxygens (including phenoxy) is 2. The molecule has 0 radical (unpaired) electrons. The van der Waals surface area contributed by atoms with Crippen LogP contribution in [0.25, 0.3) is 11.3 Å². The molecular formula is C24H28N2O3S. The number of anilines is 1. The van der Waals surface area contributed by atoms with Crippen molar-refractivity contribution >= 4 is 22.4 Å². The number of unbranched alkanes of at least 4 members (excludes halogenated alkanes) is 2. The molecule has 3 rings (SSSR count). The summed E-state index contributed by atoms with van der Waals surface area (Å²) in [6, 6.07) is 15.1. The Balaban J connectivity index is 1.62. The molecule has 1 aromatic heterocycles. The van der Waals surface area contributed by atoms with E-state index in [0.29, 0.717) is 23.9 Å². The van der Waals surface area contributed by atoms with Gasteiger partial charge >= 0.3 is 0 Å². The number of thiazole rings is 1. The second-order valence-corrected chi connectivity index (χ2v) is 8.12. The highest BCUT2D eigenvalue weighted by atomic mass is 32.1. The topological polar surface area (TPSA) is 60.5 Å². The number of nitrogens with zero attached hydrogens (tertiary/aromatic N) is 1. The van der Waals surface area contributed by atoms with E-state index in [2.05, 4.69) is 17.2 Å². The lowest BCUT2D eigenvalue weighted by Gasteiger charge is -2.07. The fourth-order valence-corrected chi connectivity index (χ4v) is 3.84. The van der Waals surface area contributed by atoms with Crippen molar-refractivity contribution in [3.8, 4) is 22.8 Å². The van der Waals surface area contributed by atoms with Gasteiger partial charge in [0.25, 0.3) is 5.91 Å². The van der Waals surface area contributed by atoms with Gasteiger partial charge in [0.1, 0.15) is 11.5 Å². The zero-order chi connectivity index (χ0) is 21.3. The summed E-state index contributed by atoms with van der Waals surface area (Å²) in [5.74, 6) is 1.44. The molecule has 6 heteroatoms. The molecule has 1 heterocycles. The lowest BCUT2D eigenvalue weighted by atomic mass is 10.1. The second-order valence-electron chi connectivity index (χ2n) is 6.92. The maximum Gasteiger partial charge on any atom is 0.257 e. The summed E-state index contributed by atoms with van der Waals surface area (Å²) in [6.07, 6.45) is 3.37. The standard InChI is InChI=1S/C24H28N2O3S/c1-4-6-7-16-29-21-14-10-19(11-15-21)23(27)26-24-25-22(17(3)30-24)18-8-12-20(13-9-18)28-5-2/h8-15H,4-7,16H2,1-3H3,(H,25,26,27). The summed E-state index contributed by atoms with van der Waals surface area (Å²) in [5, 5.41) is 3.49. The summed E-state index contributed by atoms with van der Waals surface area (Å²) in [7, 11) is 0. The monoisotopic (exact) mass is 424 g/mol. The number of aromatic nitrogens is 1. The minimum absolute atomic E-state index is 0.181. The molecule has 0 unspecified atom stereocenters. The Hall–Kier alpha value is -2.86. The Labute approximate surface area is 182 Å². The van der Waals surface area contributed by atoms with E-state index < -0.39 is 0 Å². The van der Waals surface area contributed by atoms with Crippen LogP contribution < -0.4 is 14.8 Å². The Kier molecular flexibility index (Phi) is 7.85. The van der Waals surface area contributed by atoms with Gasteiger partial charge in [0, 0.05) is 16.0 Å². The van der Waals surface area contributed by atoms with Gasteiger partial charge in [-0.25, -0.2) is 4.98 Å². The average Bonchev–Trinajstić information content (AvgIpc) is 3.12. The summed E-state index contributed by atoms with van der Waals surface area (Å²) in [5.41, 5.74) is 2.44. The highest BCUT2D eigenvalue weighted by Crippen LogP contribution is 2.31. The SMILES string of the molecule is CCCCCOc1ccc(C(=O)Nc2nc(-c3ccc(OCC)cc3)c(C)s2)cc1. The number of benzene rings is 2. The molecule has 0 aliphatic rings. The largest absolute Gasteiger partial charge is 0.494 e. The highest BCUT2D eigenvalue weighted by Gasteiger charge is 2.13. The lowest BCUT2D eigenvalue weighted by Crippen LogP contribution is -2.11. The number of amides is 1. The fourth-order valence-electron chi connectivity index (χ4n) is 3.01. The number of nitrogens with one attached hydrogen (secondary N) is 1. The van der Waals surface area contributed by atoms with Crippen LogP contribution in [0.4, 0.5) is 5.13 Å². The molecule has 0 bridgehead atoms. The van der Waals surface area contributed by atoms with Gasteiger partial charge in [-0.2, -0.15) is 0 Å². The van der Waals surface area contributed by atoms with Gasteiger partial charge in [-0.1, -0.05) is 19.8 Å². The van der Waals surface area contributed by atoms with Crippen molar-refractivity contribution in [2.24, 2.45) is 0 Å². The number of rotatable bonds is 10. The van der Waals surface area contributed by atoms with Crippen LogP contribution in [-0.2, 0) is 0 Å². The third-order valence-corrected chi connectivity index (χ3v) is 5.48. The summed E-state index contributed by atoms with van der Waals surface area (Å²) < 4.78 is 11.2. The van der Waals surface area contributed by atoms with Crippen molar-refractivity contribution in [1.82, 2.24) is 4.98 Å². The van der Waals surface area contributed by atoms with E-state index in [4.69, 9.17) is 9.47 Å². The van der Waals surface area contributed by atoms with E-state index in [0.717, 1.165) is 40.5 Å². The summed E-state index contributed by atoms with van der Waals surface area (Å²) >= 11 is 1.47. The Bertz CT molecular complexity index is 950. The fraction of sp³-hybridized carbons (Fsp3) is 0.333. The number of carbonyl (C=O) groups is 1. The molecule has 0 saturated carbocycles. The average molecular weight is 425 g/mol. The predicted molar refractivity (Wildman–Crippen MR) is 123 cm³/mol. The maximum absolute atomic E-state index is 12.6. The van der Waals surface area contributed by atoms with E-state index in [1.807, 2.05) is 50.2 Å². The first-order valence-electron chi connectivity index (χ1n) is 10.4. The zero-order valence-corrected chi connectivity index (χ0v) is 18.6. The molecule has 30 heavy (non-hydrogen) atoms.